The summed E-state index contributed by atoms with van der Waals surface area (Å²) in [7, 11) is 0. The van der Waals surface area contributed by atoms with Crippen LogP contribution >= 0.6 is 15.9 Å². The average molecular weight is 611 g/mol. The van der Waals surface area contributed by atoms with Gasteiger partial charge in [0.05, 0.1) is 29.9 Å². The van der Waals surface area contributed by atoms with E-state index in [1.807, 2.05) is 57.2 Å². The van der Waals surface area contributed by atoms with Crippen molar-refractivity contribution in [3.8, 4) is 11.5 Å². The minimum Gasteiger partial charge on any atom is -0.490 e. The van der Waals surface area contributed by atoms with Crippen LogP contribution in [0.5, 0.6) is 11.5 Å². The Kier molecular flexibility index (Phi) is 8.36. The lowest BCUT2D eigenvalue weighted by molar-refractivity contribution is -0.137. The highest BCUT2D eigenvalue weighted by Crippen LogP contribution is 2.43. The Morgan fingerprint density at radius 2 is 1.98 bits per heavy atom. The molecule has 1 fully saturated rings. The molecule has 3 heterocycles. The second-order valence-electron chi connectivity index (χ2n) is 9.46. The lowest BCUT2D eigenvalue weighted by Crippen LogP contribution is -2.43. The van der Waals surface area contributed by atoms with Gasteiger partial charge in [-0.2, -0.15) is 10.1 Å². The predicted octanol–water partition coefficient (Wildman–Crippen LogP) is 3.91. The zero-order chi connectivity index (χ0) is 28.2. The first-order valence-corrected chi connectivity index (χ1v) is 13.8. The third-order valence-electron chi connectivity index (χ3n) is 6.67. The lowest BCUT2D eigenvalue weighted by Gasteiger charge is -2.29. The number of hydrogen-bond donors (Lipinski definition) is 2. The molecule has 11 nitrogen and oxygen atoms in total. The van der Waals surface area contributed by atoms with Gasteiger partial charge in [0.15, 0.2) is 18.1 Å². The topological polar surface area (TPSA) is 120 Å². The number of hydrogen-bond acceptors (Lipinski definition) is 8. The molecule has 2 aliphatic rings. The van der Waals surface area contributed by atoms with Crippen molar-refractivity contribution in [2.24, 2.45) is 0 Å². The Balaban J connectivity index is 1.48. The quantitative estimate of drug-likeness (QED) is 0.394. The number of benzene rings is 2. The first-order chi connectivity index (χ1) is 19.4. The van der Waals surface area contributed by atoms with Crippen LogP contribution in [0.1, 0.15) is 31.0 Å². The summed E-state index contributed by atoms with van der Waals surface area (Å²) in [6, 6.07) is 10.7. The summed E-state index contributed by atoms with van der Waals surface area (Å²) in [6.45, 7) is 8.02. The van der Waals surface area contributed by atoms with E-state index in [1.165, 1.54) is 6.33 Å². The van der Waals surface area contributed by atoms with Gasteiger partial charge < -0.3 is 29.7 Å². The molecule has 210 valence electrons. The molecule has 2 aromatic carbocycles. The van der Waals surface area contributed by atoms with Crippen molar-refractivity contribution < 1.29 is 23.8 Å². The number of amides is 2. The van der Waals surface area contributed by atoms with E-state index in [-0.39, 0.29) is 18.4 Å². The van der Waals surface area contributed by atoms with Gasteiger partial charge in [0.25, 0.3) is 11.8 Å². The average Bonchev–Trinajstić information content (AvgIpc) is 3.40. The maximum absolute atomic E-state index is 13.7. The summed E-state index contributed by atoms with van der Waals surface area (Å²) in [4.78, 5) is 32.5. The third-order valence-corrected chi connectivity index (χ3v) is 7.26. The SMILES string of the molecule is CCOc1cc(C2C(C(=O)Nc3cccc(C)c3)=C(C)Nc3ncnn32)cc(Br)c1OCC(=O)N1CCOCC1. The summed E-state index contributed by atoms with van der Waals surface area (Å²) < 4.78 is 19.5. The number of ether oxygens (including phenoxy) is 3. The zero-order valence-corrected chi connectivity index (χ0v) is 24.2. The first kappa shape index (κ1) is 27.7. The Hall–Kier alpha value is -3.90. The van der Waals surface area contributed by atoms with Crippen molar-refractivity contribution in [2.75, 3.05) is 50.2 Å². The molecule has 2 amide bonds. The van der Waals surface area contributed by atoms with Crippen LogP contribution in [0, 0.1) is 6.92 Å². The van der Waals surface area contributed by atoms with Crippen molar-refractivity contribution in [1.29, 1.82) is 0 Å². The second-order valence-corrected chi connectivity index (χ2v) is 10.3. The van der Waals surface area contributed by atoms with Crippen LogP contribution in [-0.4, -0.2) is 71.0 Å². The lowest BCUT2D eigenvalue weighted by atomic mass is 9.94. The van der Waals surface area contributed by atoms with E-state index in [4.69, 9.17) is 14.2 Å². The molecule has 1 aromatic heterocycles. The molecule has 0 radical (unpaired) electrons. The van der Waals surface area contributed by atoms with E-state index < -0.39 is 6.04 Å². The van der Waals surface area contributed by atoms with Crippen LogP contribution in [0.15, 0.2) is 58.5 Å². The van der Waals surface area contributed by atoms with E-state index in [2.05, 4.69) is 36.6 Å². The summed E-state index contributed by atoms with van der Waals surface area (Å²) in [5, 5.41) is 10.6. The number of aryl methyl sites for hydroxylation is 1. The number of anilines is 2. The van der Waals surface area contributed by atoms with Gasteiger partial charge in [0.1, 0.15) is 12.4 Å². The number of fused-ring (bicyclic) bond motifs is 1. The minimum absolute atomic E-state index is 0.124. The number of halogens is 1. The van der Waals surface area contributed by atoms with E-state index in [1.54, 1.807) is 9.58 Å². The maximum Gasteiger partial charge on any atom is 0.260 e. The highest BCUT2D eigenvalue weighted by atomic mass is 79.9. The van der Waals surface area contributed by atoms with Crippen molar-refractivity contribution in [2.45, 2.75) is 26.8 Å². The molecule has 0 saturated carbocycles. The molecular weight excluding hydrogens is 580 g/mol. The van der Waals surface area contributed by atoms with Crippen LogP contribution in [0.4, 0.5) is 11.6 Å². The monoisotopic (exact) mass is 610 g/mol. The van der Waals surface area contributed by atoms with Gasteiger partial charge in [0, 0.05) is 24.5 Å². The van der Waals surface area contributed by atoms with E-state index >= 15 is 0 Å². The van der Waals surface area contributed by atoms with Crippen molar-refractivity contribution in [3.05, 3.63) is 69.6 Å². The Morgan fingerprint density at radius 1 is 1.18 bits per heavy atom. The Labute approximate surface area is 240 Å². The second kappa shape index (κ2) is 12.1. The zero-order valence-electron chi connectivity index (χ0n) is 22.6. The van der Waals surface area contributed by atoms with Crippen molar-refractivity contribution >= 4 is 39.4 Å². The molecule has 3 aromatic rings. The summed E-state index contributed by atoms with van der Waals surface area (Å²) in [6.07, 6.45) is 1.44. The van der Waals surface area contributed by atoms with E-state index in [9.17, 15) is 9.59 Å². The Bertz CT molecular complexity index is 1450. The van der Waals surface area contributed by atoms with E-state index in [0.717, 1.165) is 11.1 Å². The summed E-state index contributed by atoms with van der Waals surface area (Å²) in [5.41, 5.74) is 3.59. The number of morpholine rings is 1. The first-order valence-electron chi connectivity index (χ1n) is 13.1. The fourth-order valence-corrected chi connectivity index (χ4v) is 5.38. The standard InChI is InChI=1S/C28H31BrN6O5/c1-4-39-22-14-19(13-21(29)26(22)40-15-23(36)34-8-10-38-11-9-34)25-24(18(3)32-28-30-16-31-35(25)28)27(37)33-20-7-5-6-17(2)12-20/h5-7,12-14,16,25H,4,8-11,15H2,1-3H3,(H,33,37)(H,30,31,32). The molecule has 1 saturated heterocycles. The van der Waals surface area contributed by atoms with Crippen LogP contribution < -0.4 is 20.1 Å². The molecule has 2 aliphatic heterocycles. The molecule has 0 spiro atoms. The summed E-state index contributed by atoms with van der Waals surface area (Å²) >= 11 is 3.62. The molecule has 0 bridgehead atoms. The molecule has 1 unspecified atom stereocenters. The van der Waals surface area contributed by atoms with Crippen molar-refractivity contribution in [3.63, 3.8) is 0 Å². The van der Waals surface area contributed by atoms with Gasteiger partial charge >= 0.3 is 0 Å². The fourth-order valence-electron chi connectivity index (χ4n) is 4.80. The van der Waals surface area contributed by atoms with Gasteiger partial charge in [0.2, 0.25) is 5.95 Å². The van der Waals surface area contributed by atoms with E-state index in [0.29, 0.717) is 71.8 Å². The predicted molar refractivity (Wildman–Crippen MR) is 152 cm³/mol. The smallest absolute Gasteiger partial charge is 0.260 e. The number of aromatic nitrogens is 3. The normalized spacial score (nSPS) is 16.7. The highest BCUT2D eigenvalue weighted by Gasteiger charge is 2.34. The molecule has 40 heavy (non-hydrogen) atoms. The molecule has 0 aliphatic carbocycles. The highest BCUT2D eigenvalue weighted by molar-refractivity contribution is 9.10. The molecule has 12 heteroatoms. The van der Waals surface area contributed by atoms with Gasteiger partial charge in [-0.15, -0.1) is 0 Å². The van der Waals surface area contributed by atoms with Crippen molar-refractivity contribution in [1.82, 2.24) is 19.7 Å². The summed E-state index contributed by atoms with van der Waals surface area (Å²) in [5.74, 6) is 0.970. The number of nitrogens with zero attached hydrogens (tertiary/aromatic N) is 4. The van der Waals surface area contributed by atoms with Gasteiger partial charge in [-0.3, -0.25) is 9.59 Å². The van der Waals surface area contributed by atoms with Crippen LogP contribution in [0.3, 0.4) is 0 Å². The number of carbonyl (C=O) groups excluding carboxylic acids is 2. The third kappa shape index (κ3) is 5.82. The van der Waals surface area contributed by atoms with Gasteiger partial charge in [-0.05, 0) is 72.1 Å². The number of nitrogens with one attached hydrogen (secondary N) is 2. The number of allylic oxidation sites excluding steroid dienone is 1. The van der Waals surface area contributed by atoms with Crippen LogP contribution in [0.2, 0.25) is 0 Å². The molecule has 1 atom stereocenters. The number of rotatable bonds is 8. The minimum atomic E-state index is -0.608. The molecule has 2 N–H and O–H groups in total. The van der Waals surface area contributed by atoms with Gasteiger partial charge in [-0.25, -0.2) is 4.68 Å². The van der Waals surface area contributed by atoms with Crippen LogP contribution in [0.25, 0.3) is 0 Å². The van der Waals surface area contributed by atoms with Crippen LogP contribution in [-0.2, 0) is 14.3 Å². The maximum atomic E-state index is 13.7. The molecule has 5 rings (SSSR count). The largest absolute Gasteiger partial charge is 0.490 e. The van der Waals surface area contributed by atoms with Gasteiger partial charge in [-0.1, -0.05) is 12.1 Å². The molecular formula is C28H31BrN6O5. The number of carbonyl (C=O) groups is 2. The Morgan fingerprint density at radius 3 is 2.73 bits per heavy atom. The fraction of sp³-hybridized carbons (Fsp3) is 0.357.